The molecule has 1 atom stereocenters. The summed E-state index contributed by atoms with van der Waals surface area (Å²) >= 11 is 0. The second-order valence-electron chi connectivity index (χ2n) is 4.37. The molecule has 1 heterocycles. The van der Waals surface area contributed by atoms with Gasteiger partial charge in [-0.3, -0.25) is 4.79 Å². The van der Waals surface area contributed by atoms with Crippen molar-refractivity contribution < 1.29 is 4.79 Å². The minimum Gasteiger partial charge on any atom is -0.305 e. The molecule has 80 valence electrons. The molecule has 15 heavy (non-hydrogen) atoms. The van der Waals surface area contributed by atoms with Crippen molar-refractivity contribution in [1.29, 1.82) is 0 Å². The number of ketones is 1. The quantitative estimate of drug-likeness (QED) is 0.730. The van der Waals surface area contributed by atoms with E-state index in [-0.39, 0.29) is 5.92 Å². The zero-order valence-electron chi connectivity index (χ0n) is 9.15. The minimum atomic E-state index is 0.200. The Kier molecular flexibility index (Phi) is 3.17. The lowest BCUT2D eigenvalue weighted by Crippen LogP contribution is -2.39. The summed E-state index contributed by atoms with van der Waals surface area (Å²) in [5, 5.41) is 0. The van der Waals surface area contributed by atoms with Crippen molar-refractivity contribution in [3.8, 4) is 0 Å². The fourth-order valence-electron chi connectivity index (χ4n) is 2.15. The van der Waals surface area contributed by atoms with Gasteiger partial charge in [-0.15, -0.1) is 0 Å². The molecule has 0 N–H and O–H groups in total. The molecule has 0 aromatic heterocycles. The second-order valence-corrected chi connectivity index (χ2v) is 4.37. The smallest absolute Gasteiger partial charge is 0.138 e. The highest BCUT2D eigenvalue weighted by atomic mass is 16.1. The van der Waals surface area contributed by atoms with Crippen LogP contribution in [0.3, 0.4) is 0 Å². The molecule has 1 aromatic rings. The first-order valence-corrected chi connectivity index (χ1v) is 5.51. The normalized spacial score (nSPS) is 23.0. The predicted octanol–water partition coefficient (Wildman–Crippen LogP) is 1.75. The van der Waals surface area contributed by atoms with Gasteiger partial charge in [-0.2, -0.15) is 0 Å². The molecule has 1 aliphatic heterocycles. The molecule has 0 amide bonds. The number of hydrogen-bond acceptors (Lipinski definition) is 2. The van der Waals surface area contributed by atoms with Gasteiger partial charge < -0.3 is 4.90 Å². The average molecular weight is 203 g/mol. The Bertz CT molecular complexity index is 334. The minimum absolute atomic E-state index is 0.200. The molecule has 1 aromatic carbocycles. The van der Waals surface area contributed by atoms with Gasteiger partial charge in [0.15, 0.2) is 0 Å². The van der Waals surface area contributed by atoms with E-state index in [1.165, 1.54) is 5.56 Å². The summed E-state index contributed by atoms with van der Waals surface area (Å²) in [4.78, 5) is 14.0. The third-order valence-electron chi connectivity index (χ3n) is 3.05. The molecule has 2 heteroatoms. The van der Waals surface area contributed by atoms with Crippen LogP contribution in [0.2, 0.25) is 0 Å². The largest absolute Gasteiger partial charge is 0.305 e. The molecule has 0 bridgehead atoms. The molecule has 2 rings (SSSR count). The maximum atomic E-state index is 11.7. The maximum absolute atomic E-state index is 11.7. The van der Waals surface area contributed by atoms with Crippen molar-refractivity contribution in [3.63, 3.8) is 0 Å². The number of likely N-dealkylation sites (tertiary alicyclic amines) is 1. The Morgan fingerprint density at radius 2 is 2.07 bits per heavy atom. The van der Waals surface area contributed by atoms with E-state index in [1.807, 2.05) is 18.2 Å². The molecular formula is C13H17NO. The second kappa shape index (κ2) is 4.58. The van der Waals surface area contributed by atoms with Gasteiger partial charge in [-0.1, -0.05) is 30.3 Å². The molecule has 0 saturated carbocycles. The van der Waals surface area contributed by atoms with E-state index in [9.17, 15) is 4.79 Å². The number of nitrogens with zero attached hydrogens (tertiary/aromatic N) is 1. The summed E-state index contributed by atoms with van der Waals surface area (Å²) in [7, 11) is 2.09. The number of carbonyl (C=O) groups is 1. The van der Waals surface area contributed by atoms with Crippen LogP contribution < -0.4 is 0 Å². The van der Waals surface area contributed by atoms with E-state index in [0.717, 1.165) is 19.5 Å². The van der Waals surface area contributed by atoms with E-state index < -0.39 is 0 Å². The Balaban J connectivity index is 2.01. The standard InChI is InChI=1S/C13H17NO/c1-14-8-7-13(15)12(10-14)9-11-5-3-2-4-6-11/h2-6,12H,7-10H2,1H3. The first-order chi connectivity index (χ1) is 7.25. The molecule has 1 aliphatic rings. The van der Waals surface area contributed by atoms with E-state index in [1.54, 1.807) is 0 Å². The molecule has 0 radical (unpaired) electrons. The SMILES string of the molecule is CN1CCC(=O)C(Cc2ccccc2)C1. The third kappa shape index (κ3) is 2.66. The maximum Gasteiger partial charge on any atom is 0.138 e. The van der Waals surface area contributed by atoms with Crippen LogP contribution in [0, 0.1) is 5.92 Å². The van der Waals surface area contributed by atoms with Crippen LogP contribution in [0.4, 0.5) is 0 Å². The fraction of sp³-hybridized carbons (Fsp3) is 0.462. The van der Waals surface area contributed by atoms with Gasteiger partial charge in [0.2, 0.25) is 0 Å². The monoisotopic (exact) mass is 203 g/mol. The lowest BCUT2D eigenvalue weighted by atomic mass is 9.90. The van der Waals surface area contributed by atoms with Crippen LogP contribution in [-0.2, 0) is 11.2 Å². The van der Waals surface area contributed by atoms with E-state index in [0.29, 0.717) is 12.2 Å². The summed E-state index contributed by atoms with van der Waals surface area (Å²) in [6, 6.07) is 10.3. The van der Waals surface area contributed by atoms with E-state index >= 15 is 0 Å². The molecule has 0 aliphatic carbocycles. The van der Waals surface area contributed by atoms with Gasteiger partial charge in [0.05, 0.1) is 0 Å². The highest BCUT2D eigenvalue weighted by molar-refractivity contribution is 5.82. The van der Waals surface area contributed by atoms with Crippen molar-refractivity contribution in [2.75, 3.05) is 20.1 Å². The molecule has 1 fully saturated rings. The molecular weight excluding hydrogens is 186 g/mol. The van der Waals surface area contributed by atoms with Crippen molar-refractivity contribution in [3.05, 3.63) is 35.9 Å². The molecule has 0 spiro atoms. The van der Waals surface area contributed by atoms with Crippen molar-refractivity contribution in [1.82, 2.24) is 4.90 Å². The average Bonchev–Trinajstić information content (AvgIpc) is 2.25. The summed E-state index contributed by atoms with van der Waals surface area (Å²) < 4.78 is 0. The number of hydrogen-bond donors (Lipinski definition) is 0. The number of Topliss-reactive ketones (excluding diaryl/α,β-unsaturated/α-hetero) is 1. The van der Waals surface area contributed by atoms with Crippen molar-refractivity contribution in [2.45, 2.75) is 12.8 Å². The van der Waals surface area contributed by atoms with Crippen LogP contribution in [0.25, 0.3) is 0 Å². The number of piperidine rings is 1. The lowest BCUT2D eigenvalue weighted by Gasteiger charge is -2.28. The van der Waals surface area contributed by atoms with Crippen LogP contribution in [0.5, 0.6) is 0 Å². The van der Waals surface area contributed by atoms with E-state index in [4.69, 9.17) is 0 Å². The van der Waals surface area contributed by atoms with Gasteiger partial charge in [-0.05, 0) is 19.0 Å². The highest BCUT2D eigenvalue weighted by Gasteiger charge is 2.24. The number of rotatable bonds is 2. The summed E-state index contributed by atoms with van der Waals surface area (Å²) in [6.45, 7) is 1.83. The van der Waals surface area contributed by atoms with Gasteiger partial charge in [0.1, 0.15) is 5.78 Å². The van der Waals surface area contributed by atoms with Crippen LogP contribution >= 0.6 is 0 Å². The Morgan fingerprint density at radius 3 is 2.80 bits per heavy atom. The number of carbonyl (C=O) groups excluding carboxylic acids is 1. The first kappa shape index (κ1) is 10.4. The lowest BCUT2D eigenvalue weighted by molar-refractivity contribution is -0.125. The summed E-state index contributed by atoms with van der Waals surface area (Å²) in [5.41, 5.74) is 1.27. The summed E-state index contributed by atoms with van der Waals surface area (Å²) in [5.74, 6) is 0.628. The first-order valence-electron chi connectivity index (χ1n) is 5.51. The topological polar surface area (TPSA) is 20.3 Å². The highest BCUT2D eigenvalue weighted by Crippen LogP contribution is 2.16. The Hall–Kier alpha value is -1.15. The zero-order valence-corrected chi connectivity index (χ0v) is 9.15. The zero-order chi connectivity index (χ0) is 10.7. The molecule has 2 nitrogen and oxygen atoms in total. The predicted molar refractivity (Wildman–Crippen MR) is 60.8 cm³/mol. The van der Waals surface area contributed by atoms with E-state index in [2.05, 4.69) is 24.1 Å². The van der Waals surface area contributed by atoms with Crippen LogP contribution in [0.1, 0.15) is 12.0 Å². The van der Waals surface area contributed by atoms with Gasteiger partial charge in [0.25, 0.3) is 0 Å². The summed E-state index contributed by atoms with van der Waals surface area (Å²) in [6.07, 6.45) is 1.61. The van der Waals surface area contributed by atoms with Gasteiger partial charge in [-0.25, -0.2) is 0 Å². The van der Waals surface area contributed by atoms with Gasteiger partial charge >= 0.3 is 0 Å². The molecule has 1 unspecified atom stereocenters. The van der Waals surface area contributed by atoms with Gasteiger partial charge in [0, 0.05) is 25.4 Å². The van der Waals surface area contributed by atoms with Crippen molar-refractivity contribution >= 4 is 5.78 Å². The Morgan fingerprint density at radius 1 is 1.33 bits per heavy atom. The Labute approximate surface area is 90.9 Å². The molecule has 1 saturated heterocycles. The van der Waals surface area contributed by atoms with Crippen LogP contribution in [0.15, 0.2) is 30.3 Å². The third-order valence-corrected chi connectivity index (χ3v) is 3.05. The number of benzene rings is 1. The van der Waals surface area contributed by atoms with Crippen molar-refractivity contribution in [2.24, 2.45) is 5.92 Å². The van der Waals surface area contributed by atoms with Crippen LogP contribution in [-0.4, -0.2) is 30.8 Å². The fourth-order valence-corrected chi connectivity index (χ4v) is 2.15.